The number of nitrogens with zero attached hydrogens (tertiary/aromatic N) is 1. The molecule has 2 N–H and O–H groups in total. The summed E-state index contributed by atoms with van der Waals surface area (Å²) in [5.74, 6) is -0.753. The van der Waals surface area contributed by atoms with Crippen LogP contribution in [-0.4, -0.2) is 30.3 Å². The van der Waals surface area contributed by atoms with Crippen LogP contribution in [0.5, 0.6) is 11.5 Å². The van der Waals surface area contributed by atoms with Gasteiger partial charge in [0.1, 0.15) is 0 Å². The van der Waals surface area contributed by atoms with Crippen molar-refractivity contribution in [2.75, 3.05) is 7.11 Å². The predicted molar refractivity (Wildman–Crippen MR) is 104 cm³/mol. The second-order valence-corrected chi connectivity index (χ2v) is 5.82. The van der Waals surface area contributed by atoms with E-state index in [9.17, 15) is 14.7 Å². The van der Waals surface area contributed by atoms with Gasteiger partial charge in [0, 0.05) is 0 Å². The Labute approximate surface area is 166 Å². The van der Waals surface area contributed by atoms with E-state index >= 15 is 0 Å². The molecule has 1 atom stereocenters. The number of esters is 1. The first-order valence-electron chi connectivity index (χ1n) is 8.58. The fraction of sp³-hybridized carbons (Fsp3) is 0.0952. The molecule has 3 aromatic rings. The van der Waals surface area contributed by atoms with Crippen LogP contribution < -0.4 is 14.9 Å². The van der Waals surface area contributed by atoms with Gasteiger partial charge < -0.3 is 19.0 Å². The van der Waals surface area contributed by atoms with Gasteiger partial charge in [-0.15, -0.1) is 0 Å². The number of furan rings is 1. The van der Waals surface area contributed by atoms with Crippen LogP contribution in [0.3, 0.4) is 0 Å². The number of ether oxygens (including phenoxy) is 2. The summed E-state index contributed by atoms with van der Waals surface area (Å²) in [6.45, 7) is 0. The number of carbonyl (C=O) groups is 2. The van der Waals surface area contributed by atoms with E-state index in [-0.39, 0.29) is 11.5 Å². The van der Waals surface area contributed by atoms with E-state index < -0.39 is 18.0 Å². The van der Waals surface area contributed by atoms with Crippen molar-refractivity contribution >= 4 is 18.1 Å². The number of methoxy groups -OCH3 is 1. The average molecular weight is 394 g/mol. The molecule has 0 aliphatic carbocycles. The number of nitrogens with one attached hydrogen (secondary N) is 1. The van der Waals surface area contributed by atoms with E-state index in [1.807, 2.05) is 0 Å². The van der Waals surface area contributed by atoms with E-state index in [1.54, 1.807) is 48.5 Å². The second-order valence-electron chi connectivity index (χ2n) is 5.82. The molecule has 8 nitrogen and oxygen atoms in total. The summed E-state index contributed by atoms with van der Waals surface area (Å²) in [5.41, 5.74) is 3.31. The highest BCUT2D eigenvalue weighted by atomic mass is 16.6. The van der Waals surface area contributed by atoms with Crippen molar-refractivity contribution < 1.29 is 28.6 Å². The number of rotatable bonds is 7. The number of carbonyl (C=O) groups excluding carboxylic acids is 2. The third-order valence-corrected chi connectivity index (χ3v) is 3.86. The first kappa shape index (κ1) is 19.8. The molecule has 8 heteroatoms. The summed E-state index contributed by atoms with van der Waals surface area (Å²) in [4.78, 5) is 24.0. The highest BCUT2D eigenvalue weighted by Gasteiger charge is 2.16. The average Bonchev–Trinajstić information content (AvgIpc) is 3.29. The van der Waals surface area contributed by atoms with E-state index in [0.717, 1.165) is 0 Å². The van der Waals surface area contributed by atoms with Gasteiger partial charge >= 0.3 is 5.97 Å². The number of hydrazone groups is 1. The molecular weight excluding hydrogens is 376 g/mol. The number of hydrogen-bond acceptors (Lipinski definition) is 7. The Morgan fingerprint density at radius 2 is 1.90 bits per heavy atom. The van der Waals surface area contributed by atoms with Gasteiger partial charge in [0.05, 0.1) is 19.6 Å². The Balaban J connectivity index is 1.63. The van der Waals surface area contributed by atoms with Crippen LogP contribution in [0, 0.1) is 0 Å². The molecule has 0 fully saturated rings. The molecule has 0 saturated heterocycles. The summed E-state index contributed by atoms with van der Waals surface area (Å²) < 4.78 is 15.5. The fourth-order valence-corrected chi connectivity index (χ4v) is 2.41. The summed E-state index contributed by atoms with van der Waals surface area (Å²) in [6.07, 6.45) is 1.42. The smallest absolute Gasteiger partial charge is 0.379 e. The third kappa shape index (κ3) is 5.08. The molecule has 1 amide bonds. The zero-order valence-corrected chi connectivity index (χ0v) is 15.4. The molecule has 2 aromatic carbocycles. The van der Waals surface area contributed by atoms with Crippen molar-refractivity contribution in [2.45, 2.75) is 6.10 Å². The SMILES string of the molecule is COc1cc(/C=N/NC(=O)C(O)c2ccccc2)ccc1OC(=O)c1ccco1. The highest BCUT2D eigenvalue weighted by molar-refractivity contribution is 5.89. The Hall–Kier alpha value is -3.91. The van der Waals surface area contributed by atoms with Gasteiger partial charge in [-0.25, -0.2) is 10.2 Å². The van der Waals surface area contributed by atoms with Crippen molar-refractivity contribution in [3.8, 4) is 11.5 Å². The van der Waals surface area contributed by atoms with E-state index in [4.69, 9.17) is 13.9 Å². The normalized spacial score (nSPS) is 11.8. The summed E-state index contributed by atoms with van der Waals surface area (Å²) in [5, 5.41) is 13.8. The molecule has 0 radical (unpaired) electrons. The molecule has 148 valence electrons. The molecule has 3 rings (SSSR count). The standard InChI is InChI=1S/C21H18N2O6/c1-27-18-12-14(9-10-16(18)29-21(26)17-8-5-11-28-17)13-22-23-20(25)19(24)15-6-3-2-4-7-15/h2-13,19,24H,1H3,(H,23,25)/b22-13+. The van der Waals surface area contributed by atoms with Crippen molar-refractivity contribution in [3.63, 3.8) is 0 Å². The molecule has 0 aliphatic heterocycles. The zero-order valence-electron chi connectivity index (χ0n) is 15.4. The first-order valence-corrected chi connectivity index (χ1v) is 8.58. The van der Waals surface area contributed by atoms with E-state index in [0.29, 0.717) is 16.9 Å². The van der Waals surface area contributed by atoms with Gasteiger partial charge in [0.15, 0.2) is 17.6 Å². The maximum absolute atomic E-state index is 12.0. The molecule has 1 unspecified atom stereocenters. The topological polar surface area (TPSA) is 110 Å². The highest BCUT2D eigenvalue weighted by Crippen LogP contribution is 2.28. The Bertz CT molecular complexity index is 999. The predicted octanol–water partition coefficient (Wildman–Crippen LogP) is 2.69. The van der Waals surface area contributed by atoms with Gasteiger partial charge in [0.25, 0.3) is 5.91 Å². The maximum Gasteiger partial charge on any atom is 0.379 e. The van der Waals surface area contributed by atoms with Crippen LogP contribution in [0.25, 0.3) is 0 Å². The van der Waals surface area contributed by atoms with Crippen molar-refractivity contribution in [1.29, 1.82) is 0 Å². The summed E-state index contributed by atoms with van der Waals surface area (Å²) in [7, 11) is 1.43. The van der Waals surface area contributed by atoms with Crippen LogP contribution in [0.4, 0.5) is 0 Å². The number of aliphatic hydroxyl groups is 1. The lowest BCUT2D eigenvalue weighted by atomic mass is 10.1. The minimum Gasteiger partial charge on any atom is -0.493 e. The van der Waals surface area contributed by atoms with Gasteiger partial charge in [0.2, 0.25) is 5.76 Å². The van der Waals surface area contributed by atoms with Crippen molar-refractivity contribution in [1.82, 2.24) is 5.43 Å². The zero-order chi connectivity index (χ0) is 20.6. The monoisotopic (exact) mass is 394 g/mol. The molecule has 1 aromatic heterocycles. The Morgan fingerprint density at radius 3 is 2.59 bits per heavy atom. The third-order valence-electron chi connectivity index (χ3n) is 3.86. The summed E-state index contributed by atoms with van der Waals surface area (Å²) in [6, 6.07) is 16.3. The van der Waals surface area contributed by atoms with Crippen molar-refractivity contribution in [3.05, 3.63) is 83.8 Å². The number of hydrogen-bond donors (Lipinski definition) is 2. The molecule has 1 heterocycles. The molecule has 0 saturated carbocycles. The lowest BCUT2D eigenvalue weighted by Gasteiger charge is -2.09. The first-order chi connectivity index (χ1) is 14.1. The maximum atomic E-state index is 12.0. The number of aliphatic hydroxyl groups excluding tert-OH is 1. The molecular formula is C21H18N2O6. The Morgan fingerprint density at radius 1 is 1.10 bits per heavy atom. The molecule has 0 bridgehead atoms. The minimum absolute atomic E-state index is 0.0670. The summed E-state index contributed by atoms with van der Waals surface area (Å²) >= 11 is 0. The minimum atomic E-state index is -1.33. The lowest BCUT2D eigenvalue weighted by Crippen LogP contribution is -2.25. The van der Waals surface area contributed by atoms with Gasteiger partial charge in [-0.05, 0) is 41.5 Å². The molecule has 0 spiro atoms. The second kappa shape index (κ2) is 9.34. The largest absolute Gasteiger partial charge is 0.493 e. The van der Waals surface area contributed by atoms with Crippen molar-refractivity contribution in [2.24, 2.45) is 5.10 Å². The lowest BCUT2D eigenvalue weighted by molar-refractivity contribution is -0.129. The Kier molecular flexibility index (Phi) is 6.39. The van der Waals surface area contributed by atoms with E-state index in [1.165, 1.54) is 31.7 Å². The van der Waals surface area contributed by atoms with Gasteiger partial charge in [-0.1, -0.05) is 30.3 Å². The fourth-order valence-electron chi connectivity index (χ4n) is 2.41. The van der Waals surface area contributed by atoms with Crippen LogP contribution in [-0.2, 0) is 4.79 Å². The van der Waals surface area contributed by atoms with Crippen LogP contribution >= 0.6 is 0 Å². The molecule has 29 heavy (non-hydrogen) atoms. The van der Waals surface area contributed by atoms with E-state index in [2.05, 4.69) is 10.5 Å². The number of amides is 1. The number of benzene rings is 2. The van der Waals surface area contributed by atoms with Crippen LogP contribution in [0.15, 0.2) is 76.4 Å². The quantitative estimate of drug-likeness (QED) is 0.276. The van der Waals surface area contributed by atoms with Gasteiger partial charge in [-0.3, -0.25) is 4.79 Å². The van der Waals surface area contributed by atoms with Gasteiger partial charge in [-0.2, -0.15) is 5.10 Å². The molecule has 0 aliphatic rings. The van der Waals surface area contributed by atoms with Crippen LogP contribution in [0.1, 0.15) is 27.8 Å². The van der Waals surface area contributed by atoms with Crippen LogP contribution in [0.2, 0.25) is 0 Å².